The molecular formula is C25H27N5O3S. The number of methoxy groups -OCH3 is 1. The van der Waals surface area contributed by atoms with E-state index < -0.39 is 6.09 Å². The van der Waals surface area contributed by atoms with Gasteiger partial charge in [0.2, 0.25) is 0 Å². The summed E-state index contributed by atoms with van der Waals surface area (Å²) in [4.78, 5) is 31.9. The average molecular weight is 478 g/mol. The molecule has 176 valence electrons. The summed E-state index contributed by atoms with van der Waals surface area (Å²) >= 11 is 1.71. The second kappa shape index (κ2) is 9.64. The zero-order valence-electron chi connectivity index (χ0n) is 19.8. The molecule has 0 spiro atoms. The largest absolute Gasteiger partial charge is 0.453 e. The van der Waals surface area contributed by atoms with Crippen LogP contribution in [-0.4, -0.2) is 33.9 Å². The number of aromatic nitrogens is 3. The topological polar surface area (TPSA) is 98.1 Å². The minimum Gasteiger partial charge on any atom is -0.453 e. The first-order valence-corrected chi connectivity index (χ1v) is 11.8. The summed E-state index contributed by atoms with van der Waals surface area (Å²) in [5, 5.41) is 10.8. The van der Waals surface area contributed by atoms with E-state index >= 15 is 0 Å². The van der Waals surface area contributed by atoms with Crippen molar-refractivity contribution in [2.24, 2.45) is 0 Å². The lowest BCUT2D eigenvalue weighted by Gasteiger charge is -2.11. The van der Waals surface area contributed by atoms with Gasteiger partial charge >= 0.3 is 6.09 Å². The minimum atomic E-state index is -0.531. The molecule has 0 radical (unpaired) electrons. The summed E-state index contributed by atoms with van der Waals surface area (Å²) in [5.41, 5.74) is 4.54. The number of thiophene rings is 1. The Labute approximate surface area is 202 Å². The fourth-order valence-corrected chi connectivity index (χ4v) is 4.69. The Kier molecular flexibility index (Phi) is 6.65. The van der Waals surface area contributed by atoms with E-state index in [9.17, 15) is 9.59 Å². The molecule has 4 aromatic rings. The van der Waals surface area contributed by atoms with E-state index in [0.717, 1.165) is 27.1 Å². The molecule has 9 heteroatoms. The first-order chi connectivity index (χ1) is 16.3. The van der Waals surface area contributed by atoms with Gasteiger partial charge in [-0.3, -0.25) is 10.1 Å². The number of anilines is 1. The first kappa shape index (κ1) is 23.4. The third-order valence-electron chi connectivity index (χ3n) is 5.46. The van der Waals surface area contributed by atoms with Crippen molar-refractivity contribution in [2.45, 2.75) is 40.3 Å². The summed E-state index contributed by atoms with van der Waals surface area (Å²) in [7, 11) is 1.31. The normalized spacial score (nSPS) is 11.1. The SMILES string of the molecule is COC(=O)Nc1ccc(CNC(=O)c2cc(-c3cc(C)sc3C)nc3c2cnn3C(C)C)cc1. The van der Waals surface area contributed by atoms with Crippen LogP contribution in [0.5, 0.6) is 0 Å². The van der Waals surface area contributed by atoms with Crippen molar-refractivity contribution in [2.75, 3.05) is 12.4 Å². The van der Waals surface area contributed by atoms with Crippen molar-refractivity contribution >= 4 is 40.1 Å². The van der Waals surface area contributed by atoms with Gasteiger partial charge in [-0.1, -0.05) is 12.1 Å². The number of benzene rings is 1. The van der Waals surface area contributed by atoms with Crippen molar-refractivity contribution in [3.8, 4) is 11.3 Å². The smallest absolute Gasteiger partial charge is 0.411 e. The second-order valence-electron chi connectivity index (χ2n) is 8.30. The van der Waals surface area contributed by atoms with Gasteiger partial charge in [-0.15, -0.1) is 11.3 Å². The molecule has 0 aliphatic carbocycles. The Morgan fingerprint density at radius 1 is 1.15 bits per heavy atom. The molecule has 0 unspecified atom stereocenters. The van der Waals surface area contributed by atoms with Gasteiger partial charge in [-0.2, -0.15) is 5.10 Å². The van der Waals surface area contributed by atoms with Crippen LogP contribution in [0.3, 0.4) is 0 Å². The number of hydrogen-bond acceptors (Lipinski definition) is 6. The van der Waals surface area contributed by atoms with Crippen LogP contribution in [0.15, 0.2) is 42.6 Å². The number of carbonyl (C=O) groups is 2. The van der Waals surface area contributed by atoms with Crippen LogP contribution in [0.4, 0.5) is 10.5 Å². The van der Waals surface area contributed by atoms with Gasteiger partial charge in [0.15, 0.2) is 5.65 Å². The molecule has 3 aromatic heterocycles. The van der Waals surface area contributed by atoms with E-state index in [0.29, 0.717) is 23.4 Å². The van der Waals surface area contributed by atoms with Gasteiger partial charge in [0.25, 0.3) is 5.91 Å². The lowest BCUT2D eigenvalue weighted by atomic mass is 10.1. The highest BCUT2D eigenvalue weighted by atomic mass is 32.1. The Balaban J connectivity index is 1.63. The Hall–Kier alpha value is -3.72. The Morgan fingerprint density at radius 3 is 2.50 bits per heavy atom. The van der Waals surface area contributed by atoms with Crippen molar-refractivity contribution in [3.05, 3.63) is 63.5 Å². The van der Waals surface area contributed by atoms with Crippen LogP contribution >= 0.6 is 11.3 Å². The van der Waals surface area contributed by atoms with Crippen LogP contribution in [-0.2, 0) is 11.3 Å². The highest BCUT2D eigenvalue weighted by Crippen LogP contribution is 2.32. The first-order valence-electron chi connectivity index (χ1n) is 10.9. The minimum absolute atomic E-state index is 0.110. The van der Waals surface area contributed by atoms with E-state index in [1.807, 2.05) is 36.7 Å². The number of aryl methyl sites for hydroxylation is 2. The van der Waals surface area contributed by atoms with Crippen LogP contribution in [0.25, 0.3) is 22.3 Å². The Morgan fingerprint density at radius 2 is 1.88 bits per heavy atom. The van der Waals surface area contributed by atoms with Crippen molar-refractivity contribution in [3.63, 3.8) is 0 Å². The zero-order chi connectivity index (χ0) is 24.4. The van der Waals surface area contributed by atoms with Gasteiger partial charge < -0.3 is 10.1 Å². The lowest BCUT2D eigenvalue weighted by Crippen LogP contribution is -2.23. The third kappa shape index (κ3) is 4.79. The maximum Gasteiger partial charge on any atom is 0.411 e. The van der Waals surface area contributed by atoms with E-state index in [2.05, 4.69) is 40.4 Å². The fraction of sp³-hybridized carbons (Fsp3) is 0.280. The number of hydrogen-bond donors (Lipinski definition) is 2. The van der Waals surface area contributed by atoms with E-state index in [-0.39, 0.29) is 11.9 Å². The van der Waals surface area contributed by atoms with Crippen molar-refractivity contribution < 1.29 is 14.3 Å². The van der Waals surface area contributed by atoms with Gasteiger partial charge in [-0.25, -0.2) is 14.5 Å². The maximum absolute atomic E-state index is 13.3. The van der Waals surface area contributed by atoms with Crippen LogP contribution in [0.1, 0.15) is 45.6 Å². The number of nitrogens with one attached hydrogen (secondary N) is 2. The molecular weight excluding hydrogens is 450 g/mol. The van der Waals surface area contributed by atoms with Gasteiger partial charge in [0.1, 0.15) is 0 Å². The lowest BCUT2D eigenvalue weighted by molar-refractivity contribution is 0.0952. The van der Waals surface area contributed by atoms with Crippen molar-refractivity contribution in [1.82, 2.24) is 20.1 Å². The highest BCUT2D eigenvalue weighted by molar-refractivity contribution is 7.12. The molecule has 0 saturated heterocycles. The van der Waals surface area contributed by atoms with E-state index in [1.54, 1.807) is 29.7 Å². The predicted molar refractivity (Wildman–Crippen MR) is 134 cm³/mol. The molecule has 2 N–H and O–H groups in total. The molecule has 0 aliphatic heterocycles. The zero-order valence-corrected chi connectivity index (χ0v) is 20.6. The summed E-state index contributed by atoms with van der Waals surface area (Å²) in [6.07, 6.45) is 1.18. The van der Waals surface area contributed by atoms with Crippen molar-refractivity contribution in [1.29, 1.82) is 0 Å². The average Bonchev–Trinajstić information content (AvgIpc) is 3.40. The number of fused-ring (bicyclic) bond motifs is 1. The predicted octanol–water partition coefficient (Wildman–Crippen LogP) is 5.47. The molecule has 0 bridgehead atoms. The molecule has 3 heterocycles. The Bertz CT molecular complexity index is 1360. The van der Waals surface area contributed by atoms with Crippen LogP contribution in [0.2, 0.25) is 0 Å². The highest BCUT2D eigenvalue weighted by Gasteiger charge is 2.20. The summed E-state index contributed by atoms with van der Waals surface area (Å²) < 4.78 is 6.44. The summed E-state index contributed by atoms with van der Waals surface area (Å²) in [6, 6.07) is 11.3. The van der Waals surface area contributed by atoms with Crippen LogP contribution in [0, 0.1) is 13.8 Å². The number of rotatable bonds is 6. The molecule has 0 fully saturated rings. The second-order valence-corrected chi connectivity index (χ2v) is 9.76. The standard InChI is InChI=1S/C25H27N5O3S/c1-14(2)30-23-21(13-27-30)20(11-22(29-23)19-10-15(3)34-16(19)4)24(31)26-12-17-6-8-18(9-7-17)28-25(32)33-5/h6-11,13-14H,12H2,1-5H3,(H,26,31)(H,28,32). The van der Waals surface area contributed by atoms with Crippen LogP contribution < -0.4 is 10.6 Å². The number of nitrogens with zero attached hydrogens (tertiary/aromatic N) is 3. The monoisotopic (exact) mass is 477 g/mol. The molecule has 2 amide bonds. The number of amides is 2. The quantitative estimate of drug-likeness (QED) is 0.384. The third-order valence-corrected chi connectivity index (χ3v) is 6.42. The van der Waals surface area contributed by atoms with Gasteiger partial charge in [0, 0.05) is 33.6 Å². The van der Waals surface area contributed by atoms with E-state index in [1.165, 1.54) is 12.0 Å². The number of carbonyl (C=O) groups excluding carboxylic acids is 2. The number of pyridine rings is 1. The summed E-state index contributed by atoms with van der Waals surface area (Å²) in [6.45, 7) is 8.55. The molecule has 0 atom stereocenters. The fourth-order valence-electron chi connectivity index (χ4n) is 3.76. The van der Waals surface area contributed by atoms with E-state index in [4.69, 9.17) is 4.98 Å². The van der Waals surface area contributed by atoms with Gasteiger partial charge in [0.05, 0.1) is 30.0 Å². The molecule has 1 aromatic carbocycles. The number of ether oxygens (including phenoxy) is 1. The molecule has 0 aliphatic rings. The molecule has 8 nitrogen and oxygen atoms in total. The van der Waals surface area contributed by atoms with Gasteiger partial charge in [-0.05, 0) is 57.5 Å². The molecule has 34 heavy (non-hydrogen) atoms. The molecule has 4 rings (SSSR count). The summed E-state index contributed by atoms with van der Waals surface area (Å²) in [5.74, 6) is -0.196. The maximum atomic E-state index is 13.3. The molecule has 0 saturated carbocycles.